The molecule has 0 radical (unpaired) electrons. The van der Waals surface area contributed by atoms with Crippen LogP contribution < -0.4 is 11.5 Å². The SMILES string of the molecule is CCCCCCCCCCCCCCCC.CCCCCCCCCCCCCCCCOC(N)=S.CCCOC(N)=S. The third-order valence-corrected chi connectivity index (χ3v) is 7.88. The number of hydrogen-bond donors (Lipinski definition) is 2. The lowest BCUT2D eigenvalue weighted by atomic mass is 10.0. The van der Waals surface area contributed by atoms with Crippen LogP contribution in [-0.4, -0.2) is 23.6 Å². The zero-order valence-electron chi connectivity index (χ0n) is 29.7. The number of rotatable bonds is 30. The molecule has 0 saturated carbocycles. The number of nitrogens with two attached hydrogens (primary N) is 2. The summed E-state index contributed by atoms with van der Waals surface area (Å²) in [7, 11) is 0. The summed E-state index contributed by atoms with van der Waals surface area (Å²) in [6, 6.07) is 0. The highest BCUT2D eigenvalue weighted by molar-refractivity contribution is 7.80. The number of thiocarbonyl (C=S) groups is 2. The first kappa shape index (κ1) is 46.8. The maximum Gasteiger partial charge on any atom is 0.253 e. The predicted octanol–water partition coefficient (Wildman–Crippen LogP) is 12.9. The Morgan fingerprint density at radius 2 is 0.535 bits per heavy atom. The van der Waals surface area contributed by atoms with Crippen molar-refractivity contribution >= 4 is 34.8 Å². The minimum absolute atomic E-state index is 0.141. The van der Waals surface area contributed by atoms with Crippen molar-refractivity contribution in [2.45, 2.75) is 214 Å². The summed E-state index contributed by atoms with van der Waals surface area (Å²) in [6.45, 7) is 10.2. The van der Waals surface area contributed by atoms with E-state index in [9.17, 15) is 0 Å². The molecule has 0 bridgehead atoms. The van der Waals surface area contributed by atoms with Crippen molar-refractivity contribution in [3.8, 4) is 0 Å². The van der Waals surface area contributed by atoms with Gasteiger partial charge in [0.1, 0.15) is 0 Å². The van der Waals surface area contributed by atoms with Crippen LogP contribution in [-0.2, 0) is 9.47 Å². The lowest BCUT2D eigenvalue weighted by Gasteiger charge is -2.04. The van der Waals surface area contributed by atoms with Gasteiger partial charge in [-0.25, -0.2) is 0 Å². The van der Waals surface area contributed by atoms with Crippen molar-refractivity contribution in [3.05, 3.63) is 0 Å². The van der Waals surface area contributed by atoms with Crippen molar-refractivity contribution < 1.29 is 9.47 Å². The standard InChI is InChI=1S/C17H35NOS.C16H34.C4H9NOS/c1-2-3-4-5-6-7-8-9-10-11-12-13-14-15-16-19-17(18)20;1-3-5-7-9-11-13-15-16-14-12-10-8-6-4-2;1-2-3-6-4(5)7/h2-16H2,1H3,(H2,18,20);3-16H2,1-2H3;2-3H2,1H3,(H2,5,7). The van der Waals surface area contributed by atoms with E-state index >= 15 is 0 Å². The maximum absolute atomic E-state index is 5.26. The Labute approximate surface area is 282 Å². The molecule has 4 nitrogen and oxygen atoms in total. The summed E-state index contributed by atoms with van der Waals surface area (Å²) in [4.78, 5) is 0. The minimum atomic E-state index is 0.141. The Kier molecular flexibility index (Phi) is 49.8. The molecule has 0 fully saturated rings. The Hall–Kier alpha value is -0.620. The fraction of sp³-hybridized carbons (Fsp3) is 0.946. The van der Waals surface area contributed by atoms with Crippen LogP contribution in [0, 0.1) is 0 Å². The molecule has 0 saturated heterocycles. The van der Waals surface area contributed by atoms with Crippen molar-refractivity contribution in [1.29, 1.82) is 0 Å². The second kappa shape index (κ2) is 45.8. The smallest absolute Gasteiger partial charge is 0.253 e. The topological polar surface area (TPSA) is 70.5 Å². The molecule has 0 heterocycles. The fourth-order valence-electron chi connectivity index (χ4n) is 4.94. The number of hydrogen-bond acceptors (Lipinski definition) is 4. The van der Waals surface area contributed by atoms with Gasteiger partial charge >= 0.3 is 0 Å². The molecule has 260 valence electrons. The maximum atomic E-state index is 5.26. The average Bonchev–Trinajstić information content (AvgIpc) is 2.99. The molecule has 0 aromatic heterocycles. The summed E-state index contributed by atoms with van der Waals surface area (Å²) in [5.41, 5.74) is 10.2. The van der Waals surface area contributed by atoms with Gasteiger partial charge in [-0.1, -0.05) is 201 Å². The first-order valence-corrected chi connectivity index (χ1v) is 19.6. The Morgan fingerprint density at radius 3 is 0.721 bits per heavy atom. The molecule has 0 amide bonds. The van der Waals surface area contributed by atoms with Crippen LogP contribution >= 0.6 is 24.4 Å². The van der Waals surface area contributed by atoms with E-state index in [0.29, 0.717) is 13.2 Å². The van der Waals surface area contributed by atoms with Gasteiger partial charge in [0.2, 0.25) is 0 Å². The van der Waals surface area contributed by atoms with Gasteiger partial charge < -0.3 is 20.9 Å². The fourth-order valence-corrected chi connectivity index (χ4v) is 5.11. The van der Waals surface area contributed by atoms with Gasteiger partial charge in [0, 0.05) is 0 Å². The molecule has 0 aliphatic carbocycles. The van der Waals surface area contributed by atoms with Gasteiger partial charge in [0.05, 0.1) is 13.2 Å². The zero-order valence-corrected chi connectivity index (χ0v) is 31.3. The predicted molar refractivity (Wildman–Crippen MR) is 202 cm³/mol. The van der Waals surface area contributed by atoms with Gasteiger partial charge in [-0.15, -0.1) is 0 Å². The van der Waals surface area contributed by atoms with E-state index in [0.717, 1.165) is 12.8 Å². The number of unbranched alkanes of at least 4 members (excludes halogenated alkanes) is 26. The van der Waals surface area contributed by atoms with Crippen LogP contribution in [0.1, 0.15) is 214 Å². The van der Waals surface area contributed by atoms with E-state index in [1.165, 1.54) is 173 Å². The van der Waals surface area contributed by atoms with Crippen LogP contribution in [0.4, 0.5) is 0 Å². The summed E-state index contributed by atoms with van der Waals surface area (Å²) < 4.78 is 9.76. The molecule has 0 aliphatic heterocycles. The summed E-state index contributed by atoms with van der Waals surface area (Å²) in [6.07, 6.45) is 40.6. The van der Waals surface area contributed by atoms with E-state index in [1.807, 2.05) is 6.92 Å². The second-order valence-electron chi connectivity index (χ2n) is 12.2. The molecule has 0 rings (SSSR count). The molecule has 0 aromatic carbocycles. The summed E-state index contributed by atoms with van der Waals surface area (Å²) in [5.74, 6) is 0. The van der Waals surface area contributed by atoms with E-state index in [-0.39, 0.29) is 10.3 Å². The summed E-state index contributed by atoms with van der Waals surface area (Å²) >= 11 is 9.07. The lowest BCUT2D eigenvalue weighted by molar-refractivity contribution is 0.295. The van der Waals surface area contributed by atoms with Gasteiger partial charge in [-0.05, 0) is 37.3 Å². The molecule has 0 atom stereocenters. The third kappa shape index (κ3) is 57.6. The molecular formula is C37H78N2O2S2. The monoisotopic (exact) mass is 647 g/mol. The van der Waals surface area contributed by atoms with Crippen LogP contribution in [0.2, 0.25) is 0 Å². The largest absolute Gasteiger partial charge is 0.471 e. The molecule has 0 unspecified atom stereocenters. The first-order valence-electron chi connectivity index (χ1n) is 18.8. The summed E-state index contributed by atoms with van der Waals surface area (Å²) in [5, 5.41) is 0.321. The van der Waals surface area contributed by atoms with Gasteiger partial charge in [-0.2, -0.15) is 0 Å². The Bertz CT molecular complexity index is 507. The van der Waals surface area contributed by atoms with Crippen molar-refractivity contribution in [1.82, 2.24) is 0 Å². The van der Waals surface area contributed by atoms with Crippen LogP contribution in [0.25, 0.3) is 0 Å². The lowest BCUT2D eigenvalue weighted by Crippen LogP contribution is -2.13. The minimum Gasteiger partial charge on any atom is -0.471 e. The quantitative estimate of drug-likeness (QED) is 0.0597. The molecule has 6 heteroatoms. The molecule has 4 N–H and O–H groups in total. The Balaban J connectivity index is -0.000000619. The van der Waals surface area contributed by atoms with E-state index < -0.39 is 0 Å². The van der Waals surface area contributed by atoms with Crippen LogP contribution in [0.3, 0.4) is 0 Å². The first-order chi connectivity index (χ1) is 21.0. The van der Waals surface area contributed by atoms with E-state index in [4.69, 9.17) is 20.9 Å². The molecule has 0 aromatic rings. The van der Waals surface area contributed by atoms with Gasteiger partial charge in [0.15, 0.2) is 0 Å². The Morgan fingerprint density at radius 1 is 0.326 bits per heavy atom. The third-order valence-electron chi connectivity index (χ3n) is 7.65. The van der Waals surface area contributed by atoms with Crippen LogP contribution in [0.5, 0.6) is 0 Å². The highest BCUT2D eigenvalue weighted by Crippen LogP contribution is 2.14. The molecule has 43 heavy (non-hydrogen) atoms. The van der Waals surface area contributed by atoms with Crippen LogP contribution in [0.15, 0.2) is 0 Å². The molecule has 0 spiro atoms. The molecular weight excluding hydrogens is 569 g/mol. The van der Waals surface area contributed by atoms with Crippen molar-refractivity contribution in [2.24, 2.45) is 11.5 Å². The van der Waals surface area contributed by atoms with Crippen molar-refractivity contribution in [3.63, 3.8) is 0 Å². The highest BCUT2D eigenvalue weighted by Gasteiger charge is 1.95. The van der Waals surface area contributed by atoms with Crippen molar-refractivity contribution in [2.75, 3.05) is 13.2 Å². The van der Waals surface area contributed by atoms with Gasteiger partial charge in [0.25, 0.3) is 10.3 Å². The zero-order chi connectivity index (χ0) is 32.5. The average molecular weight is 647 g/mol. The second-order valence-corrected chi connectivity index (χ2v) is 13.0. The van der Waals surface area contributed by atoms with Gasteiger partial charge in [-0.3, -0.25) is 0 Å². The number of ether oxygens (including phenoxy) is 2. The van der Waals surface area contributed by atoms with E-state index in [2.05, 4.69) is 45.2 Å². The molecule has 0 aliphatic rings. The van der Waals surface area contributed by atoms with E-state index in [1.54, 1.807) is 0 Å². The normalized spacial score (nSPS) is 10.3. The highest BCUT2D eigenvalue weighted by atomic mass is 32.1.